The van der Waals surface area contributed by atoms with Gasteiger partial charge in [0.25, 0.3) is 0 Å². The zero-order valence-electron chi connectivity index (χ0n) is 8.24. The van der Waals surface area contributed by atoms with Gasteiger partial charge in [0.2, 0.25) is 0 Å². The molecule has 0 amide bonds. The zero-order chi connectivity index (χ0) is 9.10. The molecule has 1 fully saturated rings. The summed E-state index contributed by atoms with van der Waals surface area (Å²) in [5.74, 6) is 0.984. The molecule has 2 nitrogen and oxygen atoms in total. The van der Waals surface area contributed by atoms with Crippen molar-refractivity contribution in [2.24, 2.45) is 5.92 Å². The highest BCUT2D eigenvalue weighted by atomic mass is 15.4. The molecule has 0 aliphatic heterocycles. The maximum atomic E-state index is 3.44. The van der Waals surface area contributed by atoms with Gasteiger partial charge in [-0.25, -0.2) is 0 Å². The van der Waals surface area contributed by atoms with E-state index in [4.69, 9.17) is 0 Å². The van der Waals surface area contributed by atoms with Gasteiger partial charge in [-0.3, -0.25) is 4.68 Å². The fourth-order valence-corrected chi connectivity index (χ4v) is 1.96. The van der Waals surface area contributed by atoms with E-state index in [1.807, 2.05) is 16.8 Å². The molecule has 0 spiro atoms. The van der Waals surface area contributed by atoms with Crippen molar-refractivity contribution in [1.29, 1.82) is 0 Å². The van der Waals surface area contributed by atoms with E-state index in [0.717, 1.165) is 5.92 Å². The van der Waals surface area contributed by atoms with E-state index in [1.165, 1.54) is 25.7 Å². The van der Waals surface area contributed by atoms with Gasteiger partial charge >= 0.3 is 0 Å². The van der Waals surface area contributed by atoms with Crippen molar-refractivity contribution < 1.29 is 0 Å². The van der Waals surface area contributed by atoms with Crippen LogP contribution in [0.25, 0.3) is 0 Å². The summed E-state index contributed by atoms with van der Waals surface area (Å²) in [6.07, 6.45) is 9.75. The molecular weight excluding hydrogens is 160 g/mol. The van der Waals surface area contributed by atoms with Crippen LogP contribution in [0, 0.1) is 5.92 Å². The third kappa shape index (κ3) is 2.27. The molecule has 0 aromatic carbocycles. The van der Waals surface area contributed by atoms with Crippen molar-refractivity contribution in [3.63, 3.8) is 0 Å². The van der Waals surface area contributed by atoms with E-state index in [2.05, 4.69) is 24.7 Å². The molecule has 1 saturated carbocycles. The van der Waals surface area contributed by atoms with Crippen LogP contribution in [0.15, 0.2) is 24.5 Å². The van der Waals surface area contributed by atoms with Crippen LogP contribution in [-0.4, -0.2) is 10.7 Å². The molecule has 72 valence electrons. The lowest BCUT2D eigenvalue weighted by Gasteiger charge is -2.29. The average Bonchev–Trinajstić information content (AvgIpc) is 2.49. The van der Waals surface area contributed by atoms with E-state index in [0.29, 0.717) is 6.04 Å². The van der Waals surface area contributed by atoms with Crippen LogP contribution in [0.5, 0.6) is 0 Å². The third-order valence-corrected chi connectivity index (χ3v) is 2.89. The summed E-state index contributed by atoms with van der Waals surface area (Å²) >= 11 is 0. The van der Waals surface area contributed by atoms with Crippen LogP contribution in [0.3, 0.4) is 0 Å². The fourth-order valence-electron chi connectivity index (χ4n) is 1.96. The number of nitrogens with one attached hydrogen (secondary N) is 1. The smallest absolute Gasteiger partial charge is 0.0398 e. The van der Waals surface area contributed by atoms with Gasteiger partial charge in [-0.15, -0.1) is 0 Å². The molecule has 1 N–H and O–H groups in total. The minimum Gasteiger partial charge on any atom is -0.324 e. The maximum absolute atomic E-state index is 3.44. The molecule has 0 radical (unpaired) electrons. The number of hydrogen-bond donors (Lipinski definition) is 1. The number of rotatable bonds is 4. The Morgan fingerprint density at radius 3 is 2.62 bits per heavy atom. The van der Waals surface area contributed by atoms with Crippen molar-refractivity contribution in [1.82, 2.24) is 4.68 Å². The normalized spacial score (nSPS) is 19.5. The first-order valence-corrected chi connectivity index (χ1v) is 5.24. The quantitative estimate of drug-likeness (QED) is 0.750. The minimum absolute atomic E-state index is 0.595. The topological polar surface area (TPSA) is 17.0 Å². The highest BCUT2D eigenvalue weighted by Crippen LogP contribution is 2.30. The van der Waals surface area contributed by atoms with E-state index < -0.39 is 0 Å². The Kier molecular flexibility index (Phi) is 2.57. The minimum atomic E-state index is 0.595. The molecule has 1 aromatic heterocycles. The second-order valence-corrected chi connectivity index (χ2v) is 4.15. The zero-order valence-corrected chi connectivity index (χ0v) is 8.24. The second-order valence-electron chi connectivity index (χ2n) is 4.15. The van der Waals surface area contributed by atoms with Gasteiger partial charge < -0.3 is 5.43 Å². The summed E-state index contributed by atoms with van der Waals surface area (Å²) in [5.41, 5.74) is 3.44. The Labute approximate surface area is 79.9 Å². The van der Waals surface area contributed by atoms with Crippen molar-refractivity contribution in [3.8, 4) is 0 Å². The Balaban J connectivity index is 1.74. The Morgan fingerprint density at radius 1 is 1.38 bits per heavy atom. The summed E-state index contributed by atoms with van der Waals surface area (Å²) in [6.45, 7) is 2.26. The van der Waals surface area contributed by atoms with Gasteiger partial charge in [0.05, 0.1) is 0 Å². The summed E-state index contributed by atoms with van der Waals surface area (Å²) in [5, 5.41) is 0. The van der Waals surface area contributed by atoms with Gasteiger partial charge in [-0.05, 0) is 31.4 Å². The summed E-state index contributed by atoms with van der Waals surface area (Å²) in [7, 11) is 0. The van der Waals surface area contributed by atoms with Crippen LogP contribution in [0.2, 0.25) is 0 Å². The van der Waals surface area contributed by atoms with Crippen LogP contribution in [0.4, 0.5) is 0 Å². The molecule has 0 bridgehead atoms. The number of nitrogens with zero attached hydrogens (tertiary/aromatic N) is 1. The van der Waals surface area contributed by atoms with Crippen LogP contribution in [0.1, 0.15) is 32.6 Å². The predicted molar refractivity (Wildman–Crippen MR) is 55.2 cm³/mol. The van der Waals surface area contributed by atoms with Crippen molar-refractivity contribution in [2.45, 2.75) is 38.6 Å². The first-order chi connectivity index (χ1) is 6.34. The summed E-state index contributed by atoms with van der Waals surface area (Å²) < 4.78 is 2.04. The lowest BCUT2D eigenvalue weighted by Crippen LogP contribution is -2.28. The largest absolute Gasteiger partial charge is 0.324 e. The molecule has 2 rings (SSSR count). The first kappa shape index (κ1) is 8.67. The van der Waals surface area contributed by atoms with Crippen molar-refractivity contribution in [2.75, 3.05) is 5.43 Å². The second kappa shape index (κ2) is 3.86. The summed E-state index contributed by atoms with van der Waals surface area (Å²) in [4.78, 5) is 0. The molecule has 1 aliphatic rings. The SMILES string of the molecule is CC(CC1CCC1)Nn1cccc1. The highest BCUT2D eigenvalue weighted by molar-refractivity contribution is 4.95. The molecule has 13 heavy (non-hydrogen) atoms. The predicted octanol–water partition coefficient (Wildman–Crippen LogP) is 2.61. The molecule has 1 heterocycles. The van der Waals surface area contributed by atoms with Crippen molar-refractivity contribution in [3.05, 3.63) is 24.5 Å². The first-order valence-electron chi connectivity index (χ1n) is 5.24. The monoisotopic (exact) mass is 178 g/mol. The van der Waals surface area contributed by atoms with E-state index in [1.54, 1.807) is 0 Å². The standard InChI is InChI=1S/C11H18N2/c1-10(9-11-5-4-6-11)12-13-7-2-3-8-13/h2-3,7-8,10-12H,4-6,9H2,1H3. The van der Waals surface area contributed by atoms with Gasteiger partial charge in [-0.1, -0.05) is 19.3 Å². The Bertz CT molecular complexity index is 237. The maximum Gasteiger partial charge on any atom is 0.0398 e. The van der Waals surface area contributed by atoms with Gasteiger partial charge in [0.15, 0.2) is 0 Å². The third-order valence-electron chi connectivity index (χ3n) is 2.89. The molecule has 1 atom stereocenters. The highest BCUT2D eigenvalue weighted by Gasteiger charge is 2.19. The Hall–Kier alpha value is -0.920. The van der Waals surface area contributed by atoms with Crippen LogP contribution < -0.4 is 5.43 Å². The summed E-state index contributed by atoms with van der Waals surface area (Å²) in [6, 6.07) is 4.68. The van der Waals surface area contributed by atoms with Gasteiger partial charge in [0, 0.05) is 18.4 Å². The average molecular weight is 178 g/mol. The number of aromatic nitrogens is 1. The van der Waals surface area contributed by atoms with E-state index >= 15 is 0 Å². The molecule has 1 aliphatic carbocycles. The number of hydrogen-bond acceptors (Lipinski definition) is 1. The van der Waals surface area contributed by atoms with Gasteiger partial charge in [0.1, 0.15) is 0 Å². The van der Waals surface area contributed by atoms with Gasteiger partial charge in [-0.2, -0.15) is 0 Å². The molecule has 1 unspecified atom stereocenters. The van der Waals surface area contributed by atoms with E-state index in [-0.39, 0.29) is 0 Å². The molecule has 0 saturated heterocycles. The lowest BCUT2D eigenvalue weighted by atomic mass is 9.81. The molecule has 2 heteroatoms. The van der Waals surface area contributed by atoms with Crippen LogP contribution in [-0.2, 0) is 0 Å². The fraction of sp³-hybridized carbons (Fsp3) is 0.636. The lowest BCUT2D eigenvalue weighted by molar-refractivity contribution is 0.282. The van der Waals surface area contributed by atoms with E-state index in [9.17, 15) is 0 Å². The Morgan fingerprint density at radius 2 is 2.08 bits per heavy atom. The van der Waals surface area contributed by atoms with Crippen molar-refractivity contribution >= 4 is 0 Å². The molecule has 1 aromatic rings. The van der Waals surface area contributed by atoms with Crippen LogP contribution >= 0.6 is 0 Å². The molecular formula is C11H18N2.